The number of rotatable bonds is 2. The largest absolute Gasteiger partial charge is 0.479 e. The lowest BCUT2D eigenvalue weighted by Gasteiger charge is -2.37. The van der Waals surface area contributed by atoms with Crippen LogP contribution < -0.4 is 0 Å². The number of nitrogens with zero attached hydrogens (tertiary/aromatic N) is 1. The molecule has 1 aromatic carbocycles. The molecule has 1 aliphatic heterocycles. The molecule has 0 radical (unpaired) electrons. The highest BCUT2D eigenvalue weighted by Crippen LogP contribution is 2.33. The van der Waals surface area contributed by atoms with E-state index in [1.165, 1.54) is 4.90 Å². The van der Waals surface area contributed by atoms with Crippen LogP contribution in [0.5, 0.6) is 0 Å². The van der Waals surface area contributed by atoms with Crippen LogP contribution in [0.3, 0.4) is 0 Å². The first-order chi connectivity index (χ1) is 8.91. The maximum absolute atomic E-state index is 11.7. The van der Waals surface area contributed by atoms with Gasteiger partial charge in [0.2, 0.25) is 5.91 Å². The Morgan fingerprint density at radius 1 is 1.42 bits per heavy atom. The van der Waals surface area contributed by atoms with Crippen LogP contribution in [0.25, 0.3) is 0 Å². The Bertz CT molecular complexity index is 534. The molecule has 2 atom stereocenters. The molecule has 0 aliphatic carbocycles. The van der Waals surface area contributed by atoms with Crippen molar-refractivity contribution in [1.82, 2.24) is 4.90 Å². The number of carboxylic acid groups (broad SMARTS) is 1. The van der Waals surface area contributed by atoms with Gasteiger partial charge in [-0.05, 0) is 49.6 Å². The van der Waals surface area contributed by atoms with Crippen molar-refractivity contribution in [3.63, 3.8) is 0 Å². The molecule has 0 aromatic heterocycles. The molecule has 1 saturated heterocycles. The van der Waals surface area contributed by atoms with Gasteiger partial charge >= 0.3 is 5.97 Å². The molecule has 1 N–H and O–H groups in total. The molecule has 2 unspecified atom stereocenters. The SMILES string of the molecule is CN1C(=O)COC(C(=O)O)C1c1ccc(Br)c(Br)c1. The Balaban J connectivity index is 2.43. The molecule has 1 amide bonds. The van der Waals surface area contributed by atoms with E-state index < -0.39 is 18.1 Å². The fourth-order valence-corrected chi connectivity index (χ4v) is 2.66. The third kappa shape index (κ3) is 2.82. The van der Waals surface area contributed by atoms with Gasteiger partial charge in [0.05, 0.1) is 6.04 Å². The predicted octanol–water partition coefficient (Wildman–Crippen LogP) is 2.19. The second kappa shape index (κ2) is 5.60. The number of carbonyl (C=O) groups is 2. The third-order valence-electron chi connectivity index (χ3n) is 3.01. The molecule has 1 aliphatic rings. The van der Waals surface area contributed by atoms with Crippen molar-refractivity contribution >= 4 is 43.7 Å². The number of benzene rings is 1. The lowest BCUT2D eigenvalue weighted by Crippen LogP contribution is -2.50. The summed E-state index contributed by atoms with van der Waals surface area (Å²) < 4.78 is 6.79. The van der Waals surface area contributed by atoms with Crippen molar-refractivity contribution in [2.45, 2.75) is 12.1 Å². The molecular weight excluding hydrogens is 382 g/mol. The summed E-state index contributed by atoms with van der Waals surface area (Å²) in [5.74, 6) is -1.31. The average molecular weight is 393 g/mol. The van der Waals surface area contributed by atoms with Crippen molar-refractivity contribution in [3.05, 3.63) is 32.7 Å². The summed E-state index contributed by atoms with van der Waals surface area (Å²) in [6, 6.07) is 4.71. The lowest BCUT2D eigenvalue weighted by molar-refractivity contribution is -0.171. The van der Waals surface area contributed by atoms with Crippen LogP contribution in [0.4, 0.5) is 0 Å². The van der Waals surface area contributed by atoms with Crippen LogP contribution in [-0.2, 0) is 14.3 Å². The van der Waals surface area contributed by atoms with Crippen molar-refractivity contribution in [1.29, 1.82) is 0 Å². The standard InChI is InChI=1S/C12H11Br2NO4/c1-15-9(16)5-19-11(12(17)18)10(15)6-2-3-7(13)8(14)4-6/h2-4,10-11H,5H2,1H3,(H,17,18). The van der Waals surface area contributed by atoms with Crippen LogP contribution in [0.1, 0.15) is 11.6 Å². The maximum Gasteiger partial charge on any atom is 0.335 e. The molecule has 5 nitrogen and oxygen atoms in total. The van der Waals surface area contributed by atoms with E-state index in [0.717, 1.165) is 8.95 Å². The zero-order valence-corrected chi connectivity index (χ0v) is 13.1. The Hall–Kier alpha value is -0.920. The fraction of sp³-hybridized carbons (Fsp3) is 0.333. The second-order valence-electron chi connectivity index (χ2n) is 4.19. The molecule has 102 valence electrons. The Morgan fingerprint density at radius 3 is 2.68 bits per heavy atom. The van der Waals surface area contributed by atoms with E-state index in [9.17, 15) is 14.7 Å². The minimum atomic E-state index is -1.08. The van der Waals surface area contributed by atoms with Crippen LogP contribution >= 0.6 is 31.9 Å². The van der Waals surface area contributed by atoms with Crippen molar-refractivity contribution < 1.29 is 19.4 Å². The first-order valence-electron chi connectivity index (χ1n) is 5.47. The van der Waals surface area contributed by atoms with Gasteiger partial charge in [-0.3, -0.25) is 4.79 Å². The highest BCUT2D eigenvalue weighted by Gasteiger charge is 2.40. The Labute approximate surface area is 126 Å². The highest BCUT2D eigenvalue weighted by molar-refractivity contribution is 9.13. The third-order valence-corrected chi connectivity index (χ3v) is 4.89. The van der Waals surface area contributed by atoms with E-state index in [1.807, 2.05) is 0 Å². The number of hydrogen-bond acceptors (Lipinski definition) is 3. The van der Waals surface area contributed by atoms with E-state index in [2.05, 4.69) is 31.9 Å². The van der Waals surface area contributed by atoms with Crippen LogP contribution in [0.15, 0.2) is 27.1 Å². The molecule has 19 heavy (non-hydrogen) atoms. The van der Waals surface area contributed by atoms with Gasteiger partial charge in [0.15, 0.2) is 6.10 Å². The van der Waals surface area contributed by atoms with Crippen molar-refractivity contribution in [2.75, 3.05) is 13.7 Å². The number of aliphatic carboxylic acids is 1. The van der Waals surface area contributed by atoms with Crippen molar-refractivity contribution in [3.8, 4) is 0 Å². The van der Waals surface area contributed by atoms with Gasteiger partial charge in [-0.2, -0.15) is 0 Å². The molecule has 0 bridgehead atoms. The molecule has 1 fully saturated rings. The average Bonchev–Trinajstić information content (AvgIpc) is 2.35. The number of halogens is 2. The van der Waals surface area contributed by atoms with Crippen molar-refractivity contribution in [2.24, 2.45) is 0 Å². The summed E-state index contributed by atoms with van der Waals surface area (Å²) in [6.07, 6.45) is -1.06. The summed E-state index contributed by atoms with van der Waals surface area (Å²) in [6.45, 7) is -0.207. The van der Waals surface area contributed by atoms with Gasteiger partial charge in [-0.25, -0.2) is 4.79 Å². The molecule has 1 heterocycles. The smallest absolute Gasteiger partial charge is 0.335 e. The van der Waals surface area contributed by atoms with Gasteiger partial charge in [-0.1, -0.05) is 6.07 Å². The predicted molar refractivity (Wildman–Crippen MR) is 74.7 cm³/mol. The van der Waals surface area contributed by atoms with E-state index >= 15 is 0 Å². The normalized spacial score (nSPS) is 23.5. The molecule has 2 rings (SSSR count). The van der Waals surface area contributed by atoms with E-state index in [-0.39, 0.29) is 12.5 Å². The minimum Gasteiger partial charge on any atom is -0.479 e. The van der Waals surface area contributed by atoms with Gasteiger partial charge in [0.1, 0.15) is 6.61 Å². The van der Waals surface area contributed by atoms with Gasteiger partial charge in [-0.15, -0.1) is 0 Å². The first kappa shape index (κ1) is 14.5. The number of morpholine rings is 1. The first-order valence-corrected chi connectivity index (χ1v) is 7.05. The monoisotopic (exact) mass is 391 g/mol. The Kier molecular flexibility index (Phi) is 4.27. The number of hydrogen-bond donors (Lipinski definition) is 1. The molecular formula is C12H11Br2NO4. The maximum atomic E-state index is 11.7. The Morgan fingerprint density at radius 2 is 2.11 bits per heavy atom. The van der Waals surface area contributed by atoms with E-state index in [1.54, 1.807) is 25.2 Å². The quantitative estimate of drug-likeness (QED) is 0.837. The number of carboxylic acids is 1. The zero-order chi connectivity index (χ0) is 14.2. The van der Waals surface area contributed by atoms with Gasteiger partial charge in [0, 0.05) is 16.0 Å². The molecule has 7 heteroatoms. The summed E-state index contributed by atoms with van der Waals surface area (Å²) in [5, 5.41) is 9.21. The second-order valence-corrected chi connectivity index (χ2v) is 5.90. The zero-order valence-electron chi connectivity index (χ0n) is 9.97. The van der Waals surface area contributed by atoms with Crippen LogP contribution in [0, 0.1) is 0 Å². The van der Waals surface area contributed by atoms with E-state index in [4.69, 9.17) is 4.74 Å². The number of likely N-dealkylation sites (N-methyl/N-ethyl adjacent to an activating group) is 1. The lowest BCUT2D eigenvalue weighted by atomic mass is 9.98. The minimum absolute atomic E-state index is 0.207. The summed E-state index contributed by atoms with van der Waals surface area (Å²) >= 11 is 6.72. The topological polar surface area (TPSA) is 66.8 Å². The molecule has 0 spiro atoms. The molecule has 1 aromatic rings. The number of amides is 1. The van der Waals surface area contributed by atoms with Crippen LogP contribution in [0.2, 0.25) is 0 Å². The van der Waals surface area contributed by atoms with E-state index in [0.29, 0.717) is 5.56 Å². The molecule has 0 saturated carbocycles. The fourth-order valence-electron chi connectivity index (χ4n) is 2.01. The van der Waals surface area contributed by atoms with Gasteiger partial charge < -0.3 is 14.7 Å². The summed E-state index contributed by atoms with van der Waals surface area (Å²) in [5.41, 5.74) is 0.707. The summed E-state index contributed by atoms with van der Waals surface area (Å²) in [4.78, 5) is 24.4. The van der Waals surface area contributed by atoms with Crippen LogP contribution in [-0.4, -0.2) is 41.6 Å². The van der Waals surface area contributed by atoms with Gasteiger partial charge in [0.25, 0.3) is 0 Å². The highest BCUT2D eigenvalue weighted by atomic mass is 79.9. The summed E-state index contributed by atoms with van der Waals surface area (Å²) in [7, 11) is 1.58. The number of ether oxygens (including phenoxy) is 1. The number of carbonyl (C=O) groups excluding carboxylic acids is 1.